The molecule has 0 bridgehead atoms. The predicted molar refractivity (Wildman–Crippen MR) is 345 cm³/mol. The minimum absolute atomic E-state index is 0.0230. The Morgan fingerprint density at radius 3 is 1.47 bits per heavy atom. The Bertz CT molecular complexity index is 4350. The zero-order valence-corrected chi connectivity index (χ0v) is 55.4. The Morgan fingerprint density at radius 1 is 0.634 bits per heavy atom. The summed E-state index contributed by atoms with van der Waals surface area (Å²) >= 11 is 2.95. The average molecular weight is 1400 g/mol. The first-order chi connectivity index (χ1) is 44.1. The standard InChI is InChI=1S/C55H57F2N15O9S4.2O3S/c1-10-71(11-2)43-25-39(41(27-45(43)80-8)67-69-53-58-29-36(83-53)23-37(30(6)73)48(75)59-34-19-15-17-32(56)21-34)61-51-64-52(66-54(65-51)82-14-5)62-40-26-44(72(12-3)13-4)46(81-9)28-42(40)68-70-55-63-50(85(77,78)79)47(84-55)24-38(31(7)74)49(76)60-35-20-16-18-33(57)22-35;2*1-4(2)3/h15-29H,10-14H2,1-9H3,(H,59,75)(H,60,76)(H,77,78,79)(H2,61,62,64,65,66);;/b37-23+,38-24-,69-67?,70-68?;;. The van der Waals surface area contributed by atoms with Crippen LogP contribution in [0, 0.1) is 11.6 Å². The number of thiazole rings is 2. The van der Waals surface area contributed by atoms with E-state index in [-0.39, 0.29) is 61.0 Å². The van der Waals surface area contributed by atoms with Crippen LogP contribution >= 0.6 is 34.4 Å². The van der Waals surface area contributed by atoms with Crippen molar-refractivity contribution >= 4 is 169 Å². The SMILES string of the molecule is CCSc1nc(Nc2cc(N(CC)CC)c(OC)cc2N=Nc2ncc(/C=C(\C(C)=O)C(=O)Nc3cccc(F)c3)s2)nc(Nc2cc(N(CC)CC)c(OC)cc2N=Nc2nc(S(=O)(=O)O)c(/C=C(/C(C)=O)C(=O)Nc3cccc(F)c3)s2)n1.O=S(=O)=O.O=S(=O)=O. The number of anilines is 8. The van der Waals surface area contributed by atoms with Gasteiger partial charge in [-0.15, -0.1) is 45.7 Å². The van der Waals surface area contributed by atoms with Gasteiger partial charge in [0.15, 0.2) is 16.7 Å². The lowest BCUT2D eigenvalue weighted by Crippen LogP contribution is -2.22. The summed E-state index contributed by atoms with van der Waals surface area (Å²) in [4.78, 5) is 78.6. The Morgan fingerprint density at radius 2 is 1.08 bits per heavy atom. The first kappa shape index (κ1) is 74.0. The molecule has 0 aliphatic carbocycles. The van der Waals surface area contributed by atoms with Crippen LogP contribution in [0.15, 0.2) is 121 Å². The summed E-state index contributed by atoms with van der Waals surface area (Å²) in [5.41, 5.74) is 1.83. The molecule has 38 heteroatoms. The first-order valence-electron chi connectivity index (χ1n) is 26.9. The Hall–Kier alpha value is -9.73. The van der Waals surface area contributed by atoms with Crippen LogP contribution in [0.3, 0.4) is 0 Å². The highest BCUT2D eigenvalue weighted by Gasteiger charge is 2.26. The van der Waals surface area contributed by atoms with E-state index in [1.807, 2.05) is 45.6 Å². The highest BCUT2D eigenvalue weighted by Crippen LogP contribution is 2.43. The lowest BCUT2D eigenvalue weighted by Gasteiger charge is -2.25. The molecule has 0 unspecified atom stereocenters. The molecule has 3 aromatic heterocycles. The lowest BCUT2D eigenvalue weighted by atomic mass is 10.1. The van der Waals surface area contributed by atoms with Gasteiger partial charge < -0.3 is 40.5 Å². The second-order valence-corrected chi connectivity index (χ2v) is 23.5. The van der Waals surface area contributed by atoms with E-state index in [2.05, 4.69) is 56.6 Å². The number of methoxy groups -OCH3 is 2. The Balaban J connectivity index is 0.00000185. The third kappa shape index (κ3) is 22.3. The smallest absolute Gasteiger partial charge is 0.425 e. The minimum Gasteiger partial charge on any atom is -0.494 e. The molecule has 492 valence electrons. The van der Waals surface area contributed by atoms with Gasteiger partial charge in [-0.1, -0.05) is 53.5 Å². The quantitative estimate of drug-likeness (QED) is 0.00797. The number of ketones is 2. The van der Waals surface area contributed by atoms with Crippen LogP contribution in [0.1, 0.15) is 58.2 Å². The number of azo groups is 2. The molecule has 3 heterocycles. The molecule has 30 nitrogen and oxygen atoms in total. The van der Waals surface area contributed by atoms with Crippen molar-refractivity contribution in [2.45, 2.75) is 58.6 Å². The molecular formula is C55H57F2N15O15S6. The first-order valence-corrected chi connectivity index (χ1v) is 33.0. The topological polar surface area (TPSA) is 412 Å². The Labute approximate surface area is 545 Å². The van der Waals surface area contributed by atoms with Crippen molar-refractivity contribution in [1.82, 2.24) is 24.9 Å². The normalized spacial score (nSPS) is 11.4. The third-order valence-corrected chi connectivity index (χ3v) is 15.4. The van der Waals surface area contributed by atoms with E-state index in [0.29, 0.717) is 81.9 Å². The molecule has 0 aliphatic rings. The zero-order valence-electron chi connectivity index (χ0n) is 50.5. The number of rotatable bonds is 27. The number of hydrogen-bond donors (Lipinski definition) is 5. The number of nitrogens with one attached hydrogen (secondary N) is 4. The van der Waals surface area contributed by atoms with E-state index in [9.17, 15) is 40.9 Å². The number of thioether (sulfide) groups is 1. The van der Waals surface area contributed by atoms with Gasteiger partial charge in [0.05, 0.1) is 57.9 Å². The molecule has 5 N–H and O–H groups in total. The van der Waals surface area contributed by atoms with E-state index in [0.717, 1.165) is 42.5 Å². The summed E-state index contributed by atoms with van der Waals surface area (Å²) in [6, 6.07) is 17.0. The van der Waals surface area contributed by atoms with Gasteiger partial charge in [0.2, 0.25) is 27.2 Å². The van der Waals surface area contributed by atoms with Gasteiger partial charge in [0.25, 0.3) is 11.8 Å². The minimum atomic E-state index is -5.08. The van der Waals surface area contributed by atoms with Crippen molar-refractivity contribution in [3.05, 3.63) is 112 Å². The summed E-state index contributed by atoms with van der Waals surface area (Å²) in [7, 11) is -8.30. The number of amides is 2. The van der Waals surface area contributed by atoms with Crippen molar-refractivity contribution in [2.24, 2.45) is 20.5 Å². The number of carbonyl (C=O) groups excluding carboxylic acids is 4. The number of carbonyl (C=O) groups is 4. The molecule has 0 atom stereocenters. The molecule has 0 spiro atoms. The van der Waals surface area contributed by atoms with E-state index in [1.165, 1.54) is 75.5 Å². The molecule has 0 fully saturated rings. The molecule has 0 saturated carbocycles. The fourth-order valence-corrected chi connectivity index (χ4v) is 11.0. The molecule has 0 aliphatic heterocycles. The third-order valence-electron chi connectivity index (χ3n) is 12.0. The van der Waals surface area contributed by atoms with Crippen molar-refractivity contribution in [2.75, 3.05) is 77.2 Å². The van der Waals surface area contributed by atoms with Gasteiger partial charge in [-0.25, -0.2) is 18.7 Å². The van der Waals surface area contributed by atoms with E-state index in [1.54, 1.807) is 18.2 Å². The van der Waals surface area contributed by atoms with Crippen LogP contribution < -0.4 is 40.5 Å². The van der Waals surface area contributed by atoms with Crippen molar-refractivity contribution in [3.63, 3.8) is 0 Å². The van der Waals surface area contributed by atoms with Gasteiger partial charge in [-0.2, -0.15) is 23.4 Å². The van der Waals surface area contributed by atoms with E-state index in [4.69, 9.17) is 49.7 Å². The van der Waals surface area contributed by atoms with Gasteiger partial charge in [-0.05, 0) is 108 Å². The molecule has 4 aromatic carbocycles. The van der Waals surface area contributed by atoms with E-state index >= 15 is 0 Å². The van der Waals surface area contributed by atoms with Gasteiger partial charge >= 0.3 is 31.3 Å². The second-order valence-electron chi connectivity index (χ2n) is 18.0. The highest BCUT2D eigenvalue weighted by atomic mass is 32.2. The number of halogens is 2. The fourth-order valence-electron chi connectivity index (χ4n) is 8.00. The highest BCUT2D eigenvalue weighted by molar-refractivity contribution is 7.99. The van der Waals surface area contributed by atoms with Crippen LogP contribution in [0.25, 0.3) is 12.2 Å². The molecule has 93 heavy (non-hydrogen) atoms. The lowest BCUT2D eigenvalue weighted by molar-refractivity contribution is -0.120. The molecular weight excluding hydrogens is 1340 g/mol. The largest absolute Gasteiger partial charge is 0.494 e. The number of nitrogens with zero attached hydrogens (tertiary/aromatic N) is 11. The number of benzene rings is 4. The molecule has 2 amide bonds. The summed E-state index contributed by atoms with van der Waals surface area (Å²) in [6.45, 7) is 14.5. The molecule has 7 rings (SSSR count). The summed E-state index contributed by atoms with van der Waals surface area (Å²) in [5.74, 6) is -2.77. The monoisotopic (exact) mass is 1400 g/mol. The number of Topliss-reactive ketones (excluding diaryl/α,β-unsaturated/α-hetero) is 2. The van der Waals surface area contributed by atoms with Crippen molar-refractivity contribution in [1.29, 1.82) is 0 Å². The van der Waals surface area contributed by atoms with Crippen molar-refractivity contribution < 1.29 is 75.7 Å². The fraction of sp³-hybridized carbons (Fsp3) is 0.255. The van der Waals surface area contributed by atoms with Crippen LogP contribution in [0.2, 0.25) is 0 Å². The van der Waals surface area contributed by atoms with Crippen LogP contribution in [0.4, 0.5) is 76.4 Å². The molecule has 0 radical (unpaired) electrons. The average Bonchev–Trinajstić information content (AvgIpc) is 1.78. The van der Waals surface area contributed by atoms with E-state index < -0.39 is 76.9 Å². The molecule has 0 saturated heterocycles. The van der Waals surface area contributed by atoms with Crippen LogP contribution in [-0.2, 0) is 50.5 Å². The zero-order chi connectivity index (χ0) is 68.7. The number of ether oxygens (including phenoxy) is 2. The maximum atomic E-state index is 13.9. The second kappa shape index (κ2) is 35.2. The van der Waals surface area contributed by atoms with Crippen LogP contribution in [-0.4, -0.2) is 133 Å². The van der Waals surface area contributed by atoms with Gasteiger partial charge in [0, 0.05) is 55.9 Å². The summed E-state index contributed by atoms with van der Waals surface area (Å²) in [5, 5.41) is 28.4. The number of hydrogen-bond acceptors (Lipinski definition) is 30. The summed E-state index contributed by atoms with van der Waals surface area (Å²) in [6.07, 6.45) is 3.72. The van der Waals surface area contributed by atoms with Crippen molar-refractivity contribution in [3.8, 4) is 11.5 Å². The Kier molecular flexibility index (Phi) is 28.0. The summed E-state index contributed by atoms with van der Waals surface area (Å²) < 4.78 is 126. The van der Waals surface area contributed by atoms with Crippen LogP contribution in [0.5, 0.6) is 11.5 Å². The number of aromatic nitrogens is 5. The van der Waals surface area contributed by atoms with Gasteiger partial charge in [-0.3, -0.25) is 23.7 Å². The van der Waals surface area contributed by atoms with Gasteiger partial charge in [0.1, 0.15) is 34.5 Å². The maximum absolute atomic E-state index is 13.9. The maximum Gasteiger partial charge on any atom is 0.425 e. The predicted octanol–water partition coefficient (Wildman–Crippen LogP) is 10.7. The molecule has 7 aromatic rings.